The Bertz CT molecular complexity index is 265. The van der Waals surface area contributed by atoms with Gasteiger partial charge in [-0.1, -0.05) is 51.4 Å². The molecule has 3 rings (SSSR count). The van der Waals surface area contributed by atoms with Gasteiger partial charge < -0.3 is 5.32 Å². The second kappa shape index (κ2) is 7.79. The van der Waals surface area contributed by atoms with Crippen LogP contribution in [0.1, 0.15) is 77.0 Å². The van der Waals surface area contributed by atoms with Crippen LogP contribution in [0.15, 0.2) is 0 Å². The highest BCUT2D eigenvalue weighted by Gasteiger charge is 2.30. The van der Waals surface area contributed by atoms with Crippen molar-refractivity contribution >= 4 is 0 Å². The molecule has 0 aromatic carbocycles. The van der Waals surface area contributed by atoms with E-state index in [1.807, 2.05) is 0 Å². The molecule has 3 aliphatic rings. The van der Waals surface area contributed by atoms with Gasteiger partial charge in [-0.3, -0.25) is 4.90 Å². The Labute approximate surface area is 125 Å². The summed E-state index contributed by atoms with van der Waals surface area (Å²) < 4.78 is 0. The van der Waals surface area contributed by atoms with E-state index >= 15 is 0 Å². The maximum Gasteiger partial charge on any atom is 0.0223 e. The van der Waals surface area contributed by atoms with Crippen LogP contribution < -0.4 is 5.32 Å². The molecular weight excluding hydrogens is 244 g/mol. The van der Waals surface area contributed by atoms with Crippen molar-refractivity contribution in [3.63, 3.8) is 0 Å². The molecule has 1 aliphatic heterocycles. The Morgan fingerprint density at radius 1 is 0.700 bits per heavy atom. The van der Waals surface area contributed by atoms with Gasteiger partial charge in [-0.2, -0.15) is 0 Å². The molecule has 3 fully saturated rings. The standard InChI is InChI=1S/C18H34N2/c1-2-7-11-17(12-8-3-1)20-14-13-19-18(15-20)16-9-5-4-6-10-16/h16-19H,1-15H2. The average molecular weight is 278 g/mol. The molecule has 20 heavy (non-hydrogen) atoms. The van der Waals surface area contributed by atoms with Crippen molar-refractivity contribution in [1.29, 1.82) is 0 Å². The lowest BCUT2D eigenvalue weighted by Crippen LogP contribution is -2.56. The zero-order chi connectivity index (χ0) is 13.6. The summed E-state index contributed by atoms with van der Waals surface area (Å²) in [7, 11) is 0. The summed E-state index contributed by atoms with van der Waals surface area (Å²) in [6.45, 7) is 3.88. The van der Waals surface area contributed by atoms with Crippen LogP contribution in [0.25, 0.3) is 0 Å². The van der Waals surface area contributed by atoms with Crippen LogP contribution in [-0.2, 0) is 0 Å². The largest absolute Gasteiger partial charge is 0.311 e. The lowest BCUT2D eigenvalue weighted by atomic mass is 9.82. The second-order valence-electron chi connectivity index (χ2n) is 7.45. The first-order valence-corrected chi connectivity index (χ1v) is 9.41. The van der Waals surface area contributed by atoms with Crippen molar-refractivity contribution < 1.29 is 0 Å². The van der Waals surface area contributed by atoms with E-state index in [9.17, 15) is 0 Å². The highest BCUT2D eigenvalue weighted by atomic mass is 15.2. The predicted octanol–water partition coefficient (Wildman–Crippen LogP) is 3.95. The van der Waals surface area contributed by atoms with Crippen molar-refractivity contribution in [2.24, 2.45) is 5.92 Å². The van der Waals surface area contributed by atoms with E-state index in [0.29, 0.717) is 0 Å². The van der Waals surface area contributed by atoms with Crippen LogP contribution in [0, 0.1) is 5.92 Å². The molecule has 0 bridgehead atoms. The number of nitrogens with one attached hydrogen (secondary N) is 1. The number of rotatable bonds is 2. The first-order chi connectivity index (χ1) is 9.93. The zero-order valence-corrected chi connectivity index (χ0v) is 13.3. The van der Waals surface area contributed by atoms with Crippen LogP contribution in [0.3, 0.4) is 0 Å². The Hall–Kier alpha value is -0.0800. The molecule has 2 heteroatoms. The first kappa shape index (κ1) is 14.8. The molecule has 0 radical (unpaired) electrons. The molecule has 0 aromatic heterocycles. The normalized spacial score (nSPS) is 32.7. The fourth-order valence-electron chi connectivity index (χ4n) is 4.79. The second-order valence-corrected chi connectivity index (χ2v) is 7.45. The molecule has 2 aliphatic carbocycles. The van der Waals surface area contributed by atoms with E-state index in [-0.39, 0.29) is 0 Å². The van der Waals surface area contributed by atoms with Gasteiger partial charge in [-0.25, -0.2) is 0 Å². The predicted molar refractivity (Wildman–Crippen MR) is 86.0 cm³/mol. The topological polar surface area (TPSA) is 15.3 Å². The lowest BCUT2D eigenvalue weighted by Gasteiger charge is -2.43. The van der Waals surface area contributed by atoms with Crippen LogP contribution in [0.4, 0.5) is 0 Å². The summed E-state index contributed by atoms with van der Waals surface area (Å²) in [5.41, 5.74) is 0. The Morgan fingerprint density at radius 3 is 2.05 bits per heavy atom. The summed E-state index contributed by atoms with van der Waals surface area (Å²) in [5.74, 6) is 0.972. The van der Waals surface area contributed by atoms with E-state index < -0.39 is 0 Å². The maximum atomic E-state index is 3.84. The Kier molecular flexibility index (Phi) is 5.78. The Balaban J connectivity index is 1.53. The van der Waals surface area contributed by atoms with Crippen molar-refractivity contribution in [2.75, 3.05) is 19.6 Å². The number of hydrogen-bond acceptors (Lipinski definition) is 2. The molecule has 116 valence electrons. The molecule has 1 saturated heterocycles. The summed E-state index contributed by atoms with van der Waals surface area (Å²) >= 11 is 0. The highest BCUT2D eigenvalue weighted by Crippen LogP contribution is 2.29. The molecule has 1 unspecified atom stereocenters. The molecule has 1 heterocycles. The summed E-state index contributed by atoms with van der Waals surface area (Å²) in [6, 6.07) is 1.71. The maximum absolute atomic E-state index is 3.84. The average Bonchev–Trinajstić information content (AvgIpc) is 2.48. The molecule has 1 N–H and O–H groups in total. The van der Waals surface area contributed by atoms with Gasteiger partial charge >= 0.3 is 0 Å². The minimum atomic E-state index is 0.800. The van der Waals surface area contributed by atoms with Crippen LogP contribution in [-0.4, -0.2) is 36.6 Å². The van der Waals surface area contributed by atoms with Gasteiger partial charge in [-0.15, -0.1) is 0 Å². The highest BCUT2D eigenvalue weighted by molar-refractivity contribution is 4.88. The third-order valence-electron chi connectivity index (χ3n) is 6.05. The molecule has 0 aromatic rings. The molecule has 2 saturated carbocycles. The lowest BCUT2D eigenvalue weighted by molar-refractivity contribution is 0.0942. The first-order valence-electron chi connectivity index (χ1n) is 9.41. The number of nitrogens with zero attached hydrogens (tertiary/aromatic N) is 1. The fraction of sp³-hybridized carbons (Fsp3) is 1.00. The number of piperazine rings is 1. The summed E-state index contributed by atoms with van der Waals surface area (Å²) in [5, 5.41) is 3.84. The van der Waals surface area contributed by atoms with Crippen LogP contribution >= 0.6 is 0 Å². The van der Waals surface area contributed by atoms with E-state index in [0.717, 1.165) is 18.0 Å². The van der Waals surface area contributed by atoms with Gasteiger partial charge in [0.25, 0.3) is 0 Å². The van der Waals surface area contributed by atoms with Crippen molar-refractivity contribution in [3.8, 4) is 0 Å². The van der Waals surface area contributed by atoms with Gasteiger partial charge in [0.05, 0.1) is 0 Å². The minimum Gasteiger partial charge on any atom is -0.311 e. The van der Waals surface area contributed by atoms with Crippen molar-refractivity contribution in [3.05, 3.63) is 0 Å². The third-order valence-corrected chi connectivity index (χ3v) is 6.05. The van der Waals surface area contributed by atoms with E-state index in [1.54, 1.807) is 0 Å². The molecular formula is C18H34N2. The molecule has 0 amide bonds. The molecule has 0 spiro atoms. The van der Waals surface area contributed by atoms with Gasteiger partial charge in [-0.05, 0) is 31.6 Å². The SMILES string of the molecule is C1CCCC(N2CCNC(C3CCCCC3)C2)CCC1. The summed E-state index contributed by atoms with van der Waals surface area (Å²) in [4.78, 5) is 2.86. The third kappa shape index (κ3) is 3.98. The molecule has 1 atom stereocenters. The fourth-order valence-corrected chi connectivity index (χ4v) is 4.79. The van der Waals surface area contributed by atoms with Gasteiger partial charge in [0.15, 0.2) is 0 Å². The van der Waals surface area contributed by atoms with E-state index in [4.69, 9.17) is 0 Å². The number of hydrogen-bond donors (Lipinski definition) is 1. The van der Waals surface area contributed by atoms with E-state index in [2.05, 4.69) is 10.2 Å². The smallest absolute Gasteiger partial charge is 0.0223 e. The van der Waals surface area contributed by atoms with Crippen molar-refractivity contribution in [1.82, 2.24) is 10.2 Å². The van der Waals surface area contributed by atoms with Gasteiger partial charge in [0, 0.05) is 31.7 Å². The summed E-state index contributed by atoms with van der Waals surface area (Å²) in [6.07, 6.45) is 17.7. The molecule has 2 nitrogen and oxygen atoms in total. The minimum absolute atomic E-state index is 0.800. The monoisotopic (exact) mass is 278 g/mol. The quantitative estimate of drug-likeness (QED) is 0.822. The van der Waals surface area contributed by atoms with E-state index in [1.165, 1.54) is 96.7 Å². The Morgan fingerprint density at radius 2 is 1.30 bits per heavy atom. The van der Waals surface area contributed by atoms with Gasteiger partial charge in [0.2, 0.25) is 0 Å². The zero-order valence-electron chi connectivity index (χ0n) is 13.3. The van der Waals surface area contributed by atoms with Crippen molar-refractivity contribution in [2.45, 2.75) is 89.1 Å². The van der Waals surface area contributed by atoms with Gasteiger partial charge in [0.1, 0.15) is 0 Å². The van der Waals surface area contributed by atoms with Crippen LogP contribution in [0.5, 0.6) is 0 Å². The van der Waals surface area contributed by atoms with Crippen LogP contribution in [0.2, 0.25) is 0 Å².